The fourth-order valence-electron chi connectivity index (χ4n) is 1.29. The van der Waals surface area contributed by atoms with Crippen molar-refractivity contribution in [3.05, 3.63) is 23.5 Å². The number of halogens is 4. The SMILES string of the molecule is CC(C)c1ncc(OCF)cc1C(F)(F)F. The number of ether oxygens (including phenoxy) is 1. The van der Waals surface area contributed by atoms with Gasteiger partial charge in [-0.2, -0.15) is 13.2 Å². The van der Waals surface area contributed by atoms with E-state index in [2.05, 4.69) is 9.72 Å². The van der Waals surface area contributed by atoms with Crippen LogP contribution in [0.5, 0.6) is 5.75 Å². The van der Waals surface area contributed by atoms with Crippen molar-refractivity contribution in [3.63, 3.8) is 0 Å². The molecule has 1 rings (SSSR count). The number of pyridine rings is 1. The molecule has 0 aliphatic carbocycles. The monoisotopic (exact) mass is 237 g/mol. The highest BCUT2D eigenvalue weighted by atomic mass is 19.4. The standard InChI is InChI=1S/C10H11F4NO/c1-6(2)9-8(10(12,13)14)3-7(4-15-9)16-5-11/h3-4,6H,5H2,1-2H3. The molecule has 0 radical (unpaired) electrons. The van der Waals surface area contributed by atoms with Crippen molar-refractivity contribution in [2.75, 3.05) is 6.86 Å². The second-order valence-corrected chi connectivity index (χ2v) is 3.51. The van der Waals surface area contributed by atoms with Crippen LogP contribution in [0.15, 0.2) is 12.3 Å². The second kappa shape index (κ2) is 4.67. The van der Waals surface area contributed by atoms with Crippen LogP contribution in [0.4, 0.5) is 17.6 Å². The van der Waals surface area contributed by atoms with Crippen molar-refractivity contribution in [3.8, 4) is 5.75 Å². The van der Waals surface area contributed by atoms with Gasteiger partial charge in [0.1, 0.15) is 5.75 Å². The van der Waals surface area contributed by atoms with E-state index < -0.39 is 18.6 Å². The molecule has 0 aliphatic heterocycles. The van der Waals surface area contributed by atoms with Gasteiger partial charge < -0.3 is 4.74 Å². The minimum absolute atomic E-state index is 0.0706. The van der Waals surface area contributed by atoms with Crippen LogP contribution in [-0.4, -0.2) is 11.8 Å². The number of hydrogen-bond donors (Lipinski definition) is 0. The molecular formula is C10H11F4NO. The molecule has 0 fully saturated rings. The molecule has 0 bridgehead atoms. The zero-order chi connectivity index (χ0) is 12.3. The van der Waals surface area contributed by atoms with Gasteiger partial charge >= 0.3 is 6.18 Å². The summed E-state index contributed by atoms with van der Waals surface area (Å²) in [6, 6.07) is 0.766. The van der Waals surface area contributed by atoms with Crippen molar-refractivity contribution in [1.29, 1.82) is 0 Å². The molecule has 0 N–H and O–H groups in total. The maximum atomic E-state index is 12.6. The minimum atomic E-state index is -4.51. The predicted octanol–water partition coefficient (Wildman–Crippen LogP) is 3.53. The lowest BCUT2D eigenvalue weighted by atomic mass is 10.0. The molecule has 0 saturated heterocycles. The molecule has 0 unspecified atom stereocenters. The normalized spacial score (nSPS) is 11.9. The Morgan fingerprint density at radius 1 is 1.38 bits per heavy atom. The van der Waals surface area contributed by atoms with Crippen LogP contribution in [-0.2, 0) is 6.18 Å². The Balaban J connectivity index is 3.22. The molecular weight excluding hydrogens is 226 g/mol. The average molecular weight is 237 g/mol. The van der Waals surface area contributed by atoms with E-state index >= 15 is 0 Å². The van der Waals surface area contributed by atoms with Crippen molar-refractivity contribution < 1.29 is 22.3 Å². The van der Waals surface area contributed by atoms with Crippen LogP contribution in [0.1, 0.15) is 31.0 Å². The van der Waals surface area contributed by atoms with Crippen LogP contribution in [0.3, 0.4) is 0 Å². The summed E-state index contributed by atoms with van der Waals surface area (Å²) in [7, 11) is 0. The van der Waals surface area contributed by atoms with E-state index in [1.807, 2.05) is 0 Å². The summed E-state index contributed by atoms with van der Waals surface area (Å²) in [5.41, 5.74) is -0.952. The zero-order valence-corrected chi connectivity index (χ0v) is 8.81. The number of hydrogen-bond acceptors (Lipinski definition) is 2. The van der Waals surface area contributed by atoms with Gasteiger partial charge in [0.15, 0.2) is 0 Å². The summed E-state index contributed by atoms with van der Waals surface area (Å²) in [5, 5.41) is 0. The van der Waals surface area contributed by atoms with Crippen molar-refractivity contribution in [2.45, 2.75) is 25.9 Å². The maximum absolute atomic E-state index is 12.6. The molecule has 90 valence electrons. The average Bonchev–Trinajstić information content (AvgIpc) is 2.16. The van der Waals surface area contributed by atoms with Crippen LogP contribution < -0.4 is 4.74 Å². The molecule has 1 aromatic rings. The first-order valence-corrected chi connectivity index (χ1v) is 4.62. The van der Waals surface area contributed by atoms with Gasteiger partial charge in [0, 0.05) is 0 Å². The number of nitrogens with zero attached hydrogens (tertiary/aromatic N) is 1. The molecule has 0 aromatic carbocycles. The highest BCUT2D eigenvalue weighted by molar-refractivity contribution is 5.33. The van der Waals surface area contributed by atoms with Crippen LogP contribution in [0, 0.1) is 0 Å². The van der Waals surface area contributed by atoms with Crippen molar-refractivity contribution in [2.24, 2.45) is 0 Å². The molecule has 1 heterocycles. The smallest absolute Gasteiger partial charge is 0.418 e. The largest absolute Gasteiger partial charge is 0.461 e. The molecule has 2 nitrogen and oxygen atoms in total. The first-order chi connectivity index (χ1) is 7.36. The fourth-order valence-corrected chi connectivity index (χ4v) is 1.29. The Morgan fingerprint density at radius 3 is 2.44 bits per heavy atom. The Morgan fingerprint density at radius 2 is 2.00 bits per heavy atom. The minimum Gasteiger partial charge on any atom is -0.461 e. The van der Waals surface area contributed by atoms with Crippen molar-refractivity contribution >= 4 is 0 Å². The Labute approximate surface area is 90.3 Å². The maximum Gasteiger partial charge on any atom is 0.418 e. The third kappa shape index (κ3) is 2.84. The molecule has 0 amide bonds. The highest BCUT2D eigenvalue weighted by Gasteiger charge is 2.35. The number of rotatable bonds is 3. The van der Waals surface area contributed by atoms with Crippen LogP contribution in [0.2, 0.25) is 0 Å². The third-order valence-electron chi connectivity index (χ3n) is 1.97. The third-order valence-corrected chi connectivity index (χ3v) is 1.97. The Kier molecular flexibility index (Phi) is 3.72. The molecule has 6 heteroatoms. The first kappa shape index (κ1) is 12.7. The molecule has 0 atom stereocenters. The molecule has 16 heavy (non-hydrogen) atoms. The van der Waals surface area contributed by atoms with Gasteiger partial charge in [0.25, 0.3) is 0 Å². The summed E-state index contributed by atoms with van der Waals surface area (Å²) >= 11 is 0. The van der Waals surface area contributed by atoms with E-state index in [0.29, 0.717) is 0 Å². The lowest BCUT2D eigenvalue weighted by Crippen LogP contribution is -2.12. The van der Waals surface area contributed by atoms with E-state index in [-0.39, 0.29) is 17.4 Å². The molecule has 0 aliphatic rings. The van der Waals surface area contributed by atoms with Gasteiger partial charge in [-0.1, -0.05) is 13.8 Å². The second-order valence-electron chi connectivity index (χ2n) is 3.51. The highest BCUT2D eigenvalue weighted by Crippen LogP contribution is 2.35. The fraction of sp³-hybridized carbons (Fsp3) is 0.500. The van der Waals surface area contributed by atoms with Crippen LogP contribution >= 0.6 is 0 Å². The summed E-state index contributed by atoms with van der Waals surface area (Å²) in [4.78, 5) is 3.65. The summed E-state index contributed by atoms with van der Waals surface area (Å²) in [6.07, 6.45) is -3.42. The summed E-state index contributed by atoms with van der Waals surface area (Å²) in [6.45, 7) is 2.03. The Bertz CT molecular complexity index is 362. The molecule has 1 aromatic heterocycles. The lowest BCUT2D eigenvalue weighted by molar-refractivity contribution is -0.138. The summed E-state index contributed by atoms with van der Waals surface area (Å²) < 4.78 is 54.1. The van der Waals surface area contributed by atoms with E-state index in [1.54, 1.807) is 13.8 Å². The van der Waals surface area contributed by atoms with E-state index in [9.17, 15) is 17.6 Å². The van der Waals surface area contributed by atoms with Gasteiger partial charge in [-0.15, -0.1) is 0 Å². The van der Waals surface area contributed by atoms with E-state index in [4.69, 9.17) is 0 Å². The lowest BCUT2D eigenvalue weighted by Gasteiger charge is -2.15. The van der Waals surface area contributed by atoms with Crippen molar-refractivity contribution in [1.82, 2.24) is 4.98 Å². The first-order valence-electron chi connectivity index (χ1n) is 4.62. The topological polar surface area (TPSA) is 22.1 Å². The van der Waals surface area contributed by atoms with Gasteiger partial charge in [-0.05, 0) is 12.0 Å². The van der Waals surface area contributed by atoms with Gasteiger partial charge in [0.05, 0.1) is 17.5 Å². The zero-order valence-electron chi connectivity index (χ0n) is 8.81. The molecule has 0 spiro atoms. The number of alkyl halides is 4. The quantitative estimate of drug-likeness (QED) is 0.750. The Hall–Kier alpha value is -1.33. The predicted molar refractivity (Wildman–Crippen MR) is 49.9 cm³/mol. The summed E-state index contributed by atoms with van der Waals surface area (Å²) in [5.74, 6) is -0.588. The molecule has 0 saturated carbocycles. The van der Waals surface area contributed by atoms with Crippen LogP contribution in [0.25, 0.3) is 0 Å². The number of aromatic nitrogens is 1. The van der Waals surface area contributed by atoms with Gasteiger partial charge in [-0.3, -0.25) is 4.98 Å². The van der Waals surface area contributed by atoms with E-state index in [0.717, 1.165) is 12.3 Å². The van der Waals surface area contributed by atoms with E-state index in [1.165, 1.54) is 0 Å². The van der Waals surface area contributed by atoms with Gasteiger partial charge in [0.2, 0.25) is 6.86 Å². The van der Waals surface area contributed by atoms with Gasteiger partial charge in [-0.25, -0.2) is 4.39 Å².